The van der Waals surface area contributed by atoms with Crippen LogP contribution in [0, 0.1) is 38.7 Å². The van der Waals surface area contributed by atoms with Crippen LogP contribution in [-0.2, 0) is 33.3 Å². The number of hydrogen-bond acceptors (Lipinski definition) is 3. The number of para-hydroxylation sites is 1. The summed E-state index contributed by atoms with van der Waals surface area (Å²) in [4.78, 5) is 4.48. The zero-order chi connectivity index (χ0) is 32.7. The Morgan fingerprint density at radius 2 is 1.54 bits per heavy atom. The molecule has 0 unspecified atom stereocenters. The number of rotatable bonds is 9. The number of hydrogen-bond donors (Lipinski definition) is 0. The maximum atomic E-state index is 14.3. The quantitative estimate of drug-likeness (QED) is 0.110. The van der Waals surface area contributed by atoms with E-state index in [-0.39, 0.29) is 26.2 Å². The molecule has 0 radical (unpaired) electrons. The Kier molecular flexibility index (Phi) is 9.64. The van der Waals surface area contributed by atoms with E-state index in [1.165, 1.54) is 46.3 Å². The average molecular weight is 727 g/mol. The van der Waals surface area contributed by atoms with Gasteiger partial charge in [0.1, 0.15) is 11.6 Å². The Morgan fingerprint density at radius 1 is 0.771 bits per heavy atom. The van der Waals surface area contributed by atoms with Gasteiger partial charge in [0.15, 0.2) is 0 Å². The Labute approximate surface area is 295 Å². The molecule has 244 valence electrons. The SMILES string of the molecule is CCCc1nn(-c2[c-]c(Oc3[c-]c4c(cc3)c3ccccc3n4-c3cc(F)ccn3)cc(C)c2)c(CCC)c1-c1c(C)cccc1C.[Pd+2]. The fourth-order valence-corrected chi connectivity index (χ4v) is 6.72. The summed E-state index contributed by atoms with van der Waals surface area (Å²) in [5.41, 5.74) is 10.9. The van der Waals surface area contributed by atoms with Crippen LogP contribution in [0.2, 0.25) is 0 Å². The normalized spacial score (nSPS) is 11.3. The third kappa shape index (κ3) is 6.09. The monoisotopic (exact) mass is 726 g/mol. The van der Waals surface area contributed by atoms with Crippen molar-refractivity contribution in [3.8, 4) is 34.1 Å². The van der Waals surface area contributed by atoms with Crippen LogP contribution in [0.5, 0.6) is 11.5 Å². The van der Waals surface area contributed by atoms with E-state index in [0.717, 1.165) is 64.4 Å². The van der Waals surface area contributed by atoms with Crippen LogP contribution in [0.4, 0.5) is 4.39 Å². The van der Waals surface area contributed by atoms with Crippen LogP contribution in [0.25, 0.3) is 44.4 Å². The number of benzene rings is 4. The molecule has 3 aromatic heterocycles. The van der Waals surface area contributed by atoms with Crippen LogP contribution in [-0.4, -0.2) is 19.3 Å². The van der Waals surface area contributed by atoms with Crippen molar-refractivity contribution < 1.29 is 29.6 Å². The van der Waals surface area contributed by atoms with E-state index in [0.29, 0.717) is 17.3 Å². The molecular formula is C41H37FN4OPd. The van der Waals surface area contributed by atoms with Gasteiger partial charge in [-0.1, -0.05) is 75.5 Å². The van der Waals surface area contributed by atoms with Crippen LogP contribution >= 0.6 is 0 Å². The van der Waals surface area contributed by atoms with Gasteiger partial charge >= 0.3 is 20.4 Å². The second-order valence-corrected chi connectivity index (χ2v) is 12.2. The number of halogens is 1. The van der Waals surface area contributed by atoms with E-state index < -0.39 is 0 Å². The van der Waals surface area contributed by atoms with E-state index in [2.05, 4.69) is 86.7 Å². The number of nitrogens with zero attached hydrogens (tertiary/aromatic N) is 4. The van der Waals surface area contributed by atoms with Gasteiger partial charge < -0.3 is 9.30 Å². The second kappa shape index (κ2) is 13.9. The third-order valence-electron chi connectivity index (χ3n) is 8.67. The summed E-state index contributed by atoms with van der Waals surface area (Å²) in [6.07, 6.45) is 5.26. The van der Waals surface area contributed by atoms with Crippen molar-refractivity contribution in [1.82, 2.24) is 19.3 Å². The first kappa shape index (κ1) is 33.3. The molecule has 7 rings (SSSR count). The molecule has 0 spiro atoms. The molecule has 0 saturated heterocycles. The first-order valence-electron chi connectivity index (χ1n) is 16.3. The van der Waals surface area contributed by atoms with Crippen LogP contribution in [0.1, 0.15) is 54.8 Å². The summed E-state index contributed by atoms with van der Waals surface area (Å²) in [7, 11) is 0. The van der Waals surface area contributed by atoms with E-state index in [1.54, 1.807) is 0 Å². The van der Waals surface area contributed by atoms with E-state index in [9.17, 15) is 4.39 Å². The maximum absolute atomic E-state index is 14.3. The summed E-state index contributed by atoms with van der Waals surface area (Å²) in [6.45, 7) is 10.9. The molecular weight excluding hydrogens is 690 g/mol. The Hall–Kier alpha value is -4.57. The van der Waals surface area contributed by atoms with Gasteiger partial charge in [0.25, 0.3) is 0 Å². The van der Waals surface area contributed by atoms with Crippen molar-refractivity contribution in [3.63, 3.8) is 0 Å². The number of fused-ring (bicyclic) bond motifs is 3. The van der Waals surface area contributed by atoms with Crippen molar-refractivity contribution in [3.05, 3.63) is 131 Å². The molecule has 0 N–H and O–H groups in total. The zero-order valence-corrected chi connectivity index (χ0v) is 29.4. The van der Waals surface area contributed by atoms with Gasteiger partial charge in [0.05, 0.1) is 5.69 Å². The predicted molar refractivity (Wildman–Crippen MR) is 187 cm³/mol. The van der Waals surface area contributed by atoms with Gasteiger partial charge in [0.2, 0.25) is 0 Å². The molecule has 3 heterocycles. The van der Waals surface area contributed by atoms with E-state index in [4.69, 9.17) is 9.84 Å². The number of pyridine rings is 1. The van der Waals surface area contributed by atoms with Crippen molar-refractivity contribution in [2.45, 2.75) is 60.3 Å². The van der Waals surface area contributed by atoms with Gasteiger partial charge in [-0.25, -0.2) is 9.37 Å². The van der Waals surface area contributed by atoms with Crippen LogP contribution in [0.15, 0.2) is 85.1 Å². The smallest absolute Gasteiger partial charge is 0.509 e. The molecule has 0 aliphatic rings. The minimum atomic E-state index is -0.348. The van der Waals surface area contributed by atoms with Crippen molar-refractivity contribution in [1.29, 1.82) is 0 Å². The van der Waals surface area contributed by atoms with Crippen LogP contribution < -0.4 is 4.74 Å². The molecule has 0 aliphatic heterocycles. The fraction of sp³-hybridized carbons (Fsp3) is 0.220. The van der Waals surface area contributed by atoms with Crippen molar-refractivity contribution >= 4 is 21.8 Å². The maximum Gasteiger partial charge on any atom is 2.00 e. The van der Waals surface area contributed by atoms with E-state index in [1.807, 2.05) is 41.0 Å². The molecule has 48 heavy (non-hydrogen) atoms. The molecule has 0 amide bonds. The predicted octanol–water partition coefficient (Wildman–Crippen LogP) is 10.4. The number of ether oxygens (including phenoxy) is 1. The summed E-state index contributed by atoms with van der Waals surface area (Å²) < 4.78 is 24.8. The molecule has 0 aliphatic carbocycles. The molecule has 5 nitrogen and oxygen atoms in total. The molecule has 7 heteroatoms. The van der Waals surface area contributed by atoms with Crippen molar-refractivity contribution in [2.24, 2.45) is 0 Å². The topological polar surface area (TPSA) is 44.9 Å². The molecule has 0 atom stereocenters. The minimum Gasteiger partial charge on any atom is -0.509 e. The van der Waals surface area contributed by atoms with Gasteiger partial charge in [-0.05, 0) is 66.6 Å². The first-order valence-corrected chi connectivity index (χ1v) is 16.3. The fourth-order valence-electron chi connectivity index (χ4n) is 6.72. The third-order valence-corrected chi connectivity index (χ3v) is 8.67. The van der Waals surface area contributed by atoms with Gasteiger partial charge in [-0.3, -0.25) is 4.68 Å². The van der Waals surface area contributed by atoms with Gasteiger partial charge in [-0.2, -0.15) is 16.7 Å². The zero-order valence-electron chi connectivity index (χ0n) is 27.8. The Bertz CT molecular complexity index is 2250. The largest absolute Gasteiger partial charge is 2.00 e. The average Bonchev–Trinajstić information content (AvgIpc) is 3.56. The number of aromatic nitrogens is 4. The second-order valence-electron chi connectivity index (χ2n) is 12.2. The molecule has 0 bridgehead atoms. The molecule has 7 aromatic rings. The standard InChI is InChI=1S/C41H37FN4O.Pd/c1-6-11-35-41(40-27(4)13-10-14-28(40)5)37(12-7-2)46(44-35)30-21-26(3)22-32(24-30)47-31-17-18-34-33-15-8-9-16-36(33)45(38(34)25-31)39-23-29(42)19-20-43-39;/h8-10,13-23H,6-7,11-12H2,1-5H3;/q-2;+2. The summed E-state index contributed by atoms with van der Waals surface area (Å²) in [6, 6.07) is 32.3. The first-order chi connectivity index (χ1) is 22.9. The summed E-state index contributed by atoms with van der Waals surface area (Å²) >= 11 is 0. The van der Waals surface area contributed by atoms with Crippen molar-refractivity contribution in [2.75, 3.05) is 0 Å². The van der Waals surface area contributed by atoms with Gasteiger partial charge in [-0.15, -0.1) is 35.7 Å². The molecule has 0 saturated carbocycles. The molecule has 0 fully saturated rings. The molecule has 4 aromatic carbocycles. The summed E-state index contributed by atoms with van der Waals surface area (Å²) in [5, 5.41) is 7.25. The minimum absolute atomic E-state index is 0. The van der Waals surface area contributed by atoms with Gasteiger partial charge in [0, 0.05) is 40.5 Å². The number of aryl methyl sites for hydroxylation is 4. The van der Waals surface area contributed by atoms with E-state index >= 15 is 0 Å². The Balaban J connectivity index is 0.00000401. The van der Waals surface area contributed by atoms with Crippen LogP contribution in [0.3, 0.4) is 0 Å². The Morgan fingerprint density at radius 3 is 2.29 bits per heavy atom. The summed E-state index contributed by atoms with van der Waals surface area (Å²) in [5.74, 6) is 1.24.